The monoisotopic (exact) mass is 274 g/mol. The zero-order valence-corrected chi connectivity index (χ0v) is 11.6. The van der Waals surface area contributed by atoms with Crippen molar-refractivity contribution < 1.29 is 4.74 Å². The molecule has 3 heterocycles. The maximum atomic E-state index is 5.76. The molecule has 3 rings (SSSR count). The van der Waals surface area contributed by atoms with Crippen LogP contribution in [-0.2, 0) is 4.74 Å². The topological polar surface area (TPSA) is 88.6 Å². The summed E-state index contributed by atoms with van der Waals surface area (Å²) in [6.07, 6.45) is 2.71. The molecule has 2 atom stereocenters. The van der Waals surface area contributed by atoms with Gasteiger partial charge in [-0.15, -0.1) is 0 Å². The number of aromatic amines is 1. The molecule has 2 aromatic rings. The Morgan fingerprint density at radius 3 is 3.05 bits per heavy atom. The highest BCUT2D eigenvalue weighted by Gasteiger charge is 2.32. The molecule has 1 saturated heterocycles. The summed E-state index contributed by atoms with van der Waals surface area (Å²) < 4.78 is 5.76. The fourth-order valence-electron chi connectivity index (χ4n) is 2.41. The lowest BCUT2D eigenvalue weighted by atomic mass is 10.0. The second-order valence-corrected chi connectivity index (χ2v) is 4.99. The van der Waals surface area contributed by atoms with Crippen molar-refractivity contribution >= 4 is 5.82 Å². The van der Waals surface area contributed by atoms with Gasteiger partial charge < -0.3 is 10.1 Å². The number of ether oxygens (including phenoxy) is 1. The van der Waals surface area contributed by atoms with Crippen LogP contribution in [0.4, 0.5) is 5.82 Å². The third-order valence-electron chi connectivity index (χ3n) is 3.40. The summed E-state index contributed by atoms with van der Waals surface area (Å²) in [5.41, 5.74) is 0. The summed E-state index contributed by atoms with van der Waals surface area (Å²) in [6.45, 7) is 5.30. The van der Waals surface area contributed by atoms with Crippen LogP contribution in [0.5, 0.6) is 0 Å². The van der Waals surface area contributed by atoms with Gasteiger partial charge in [0.2, 0.25) is 0 Å². The van der Waals surface area contributed by atoms with Crippen LogP contribution in [0.15, 0.2) is 12.3 Å². The molecule has 7 nitrogen and oxygen atoms in total. The quantitative estimate of drug-likeness (QED) is 0.876. The van der Waals surface area contributed by atoms with Gasteiger partial charge in [0.1, 0.15) is 23.6 Å². The first kappa shape index (κ1) is 13.0. The molecule has 1 aliphatic rings. The van der Waals surface area contributed by atoms with E-state index in [0.717, 1.165) is 42.9 Å². The minimum Gasteiger partial charge on any atom is -0.370 e. The second-order valence-electron chi connectivity index (χ2n) is 4.99. The molecule has 2 N–H and O–H groups in total. The maximum Gasteiger partial charge on any atom is 0.179 e. The van der Waals surface area contributed by atoms with Crippen LogP contribution in [0.25, 0.3) is 0 Å². The molecule has 1 fully saturated rings. The van der Waals surface area contributed by atoms with Gasteiger partial charge in [-0.2, -0.15) is 5.10 Å². The number of aromatic nitrogens is 5. The van der Waals surface area contributed by atoms with Crippen LogP contribution in [0.3, 0.4) is 0 Å². The molecule has 0 aromatic carbocycles. The van der Waals surface area contributed by atoms with E-state index in [1.54, 1.807) is 6.20 Å². The summed E-state index contributed by atoms with van der Waals surface area (Å²) in [5, 5.41) is 10.4. The van der Waals surface area contributed by atoms with Crippen molar-refractivity contribution in [1.29, 1.82) is 0 Å². The number of rotatable bonds is 4. The lowest BCUT2D eigenvalue weighted by Crippen LogP contribution is -2.19. The minimum atomic E-state index is -0.0459. The van der Waals surface area contributed by atoms with E-state index in [1.165, 1.54) is 0 Å². The maximum absolute atomic E-state index is 5.76. The molecule has 0 unspecified atom stereocenters. The summed E-state index contributed by atoms with van der Waals surface area (Å²) in [6, 6.07) is 1.87. The average Bonchev–Trinajstić information content (AvgIpc) is 3.04. The molecule has 0 spiro atoms. The normalized spacial score (nSPS) is 22.1. The van der Waals surface area contributed by atoms with Crippen LogP contribution in [0.1, 0.15) is 30.0 Å². The van der Waals surface area contributed by atoms with Gasteiger partial charge in [-0.1, -0.05) is 0 Å². The van der Waals surface area contributed by atoms with E-state index >= 15 is 0 Å². The van der Waals surface area contributed by atoms with Gasteiger partial charge in [0, 0.05) is 25.3 Å². The fourth-order valence-corrected chi connectivity index (χ4v) is 2.41. The van der Waals surface area contributed by atoms with Crippen LogP contribution < -0.4 is 5.32 Å². The predicted molar refractivity (Wildman–Crippen MR) is 73.2 cm³/mol. The Morgan fingerprint density at radius 1 is 1.40 bits per heavy atom. The summed E-state index contributed by atoms with van der Waals surface area (Å²) in [7, 11) is 0. The smallest absolute Gasteiger partial charge is 0.179 e. The highest BCUT2D eigenvalue weighted by atomic mass is 16.5. The molecule has 0 amide bonds. The number of nitrogens with one attached hydrogen (secondary N) is 2. The highest BCUT2D eigenvalue weighted by Crippen LogP contribution is 2.32. The number of anilines is 1. The molecular formula is C13H18N6O. The molecule has 1 aliphatic heterocycles. The highest BCUT2D eigenvalue weighted by molar-refractivity contribution is 5.32. The summed E-state index contributed by atoms with van der Waals surface area (Å²) in [5.74, 6) is 3.51. The Morgan fingerprint density at radius 2 is 2.30 bits per heavy atom. The van der Waals surface area contributed by atoms with Crippen molar-refractivity contribution in [3.63, 3.8) is 0 Å². The lowest BCUT2D eigenvalue weighted by molar-refractivity contribution is 0.0863. The van der Waals surface area contributed by atoms with Crippen molar-refractivity contribution in [2.24, 2.45) is 5.92 Å². The van der Waals surface area contributed by atoms with Crippen LogP contribution in [-0.4, -0.2) is 38.3 Å². The van der Waals surface area contributed by atoms with Crippen molar-refractivity contribution in [2.45, 2.75) is 26.4 Å². The molecule has 0 aliphatic carbocycles. The first-order valence-electron chi connectivity index (χ1n) is 6.76. The zero-order chi connectivity index (χ0) is 13.9. The summed E-state index contributed by atoms with van der Waals surface area (Å²) in [4.78, 5) is 12.8. The van der Waals surface area contributed by atoms with E-state index in [2.05, 4.69) is 30.5 Å². The van der Waals surface area contributed by atoms with Crippen molar-refractivity contribution in [1.82, 2.24) is 25.1 Å². The molecule has 20 heavy (non-hydrogen) atoms. The van der Waals surface area contributed by atoms with Crippen molar-refractivity contribution in [2.75, 3.05) is 18.5 Å². The van der Waals surface area contributed by atoms with Crippen LogP contribution in [0, 0.1) is 19.8 Å². The Labute approximate surface area is 117 Å². The van der Waals surface area contributed by atoms with Gasteiger partial charge in [0.05, 0.1) is 0 Å². The SMILES string of the molecule is Cc1nccc(NC[C@@H]2CCO[C@@H]2c2n[nH]c(C)n2)n1. The number of nitrogens with zero attached hydrogens (tertiary/aromatic N) is 4. The molecule has 0 radical (unpaired) electrons. The fraction of sp³-hybridized carbons (Fsp3) is 0.538. The van der Waals surface area contributed by atoms with Crippen molar-refractivity contribution in [3.8, 4) is 0 Å². The minimum absolute atomic E-state index is 0.0459. The second kappa shape index (κ2) is 5.54. The first-order valence-corrected chi connectivity index (χ1v) is 6.76. The largest absolute Gasteiger partial charge is 0.370 e. The van der Waals surface area contributed by atoms with E-state index in [-0.39, 0.29) is 6.10 Å². The molecular weight excluding hydrogens is 256 g/mol. The Hall–Kier alpha value is -2.02. The number of hydrogen-bond acceptors (Lipinski definition) is 6. The van der Waals surface area contributed by atoms with Gasteiger partial charge in [0.15, 0.2) is 5.82 Å². The van der Waals surface area contributed by atoms with Gasteiger partial charge in [-0.05, 0) is 26.3 Å². The van der Waals surface area contributed by atoms with E-state index in [1.807, 2.05) is 19.9 Å². The molecule has 7 heteroatoms. The van der Waals surface area contributed by atoms with E-state index in [9.17, 15) is 0 Å². The van der Waals surface area contributed by atoms with E-state index in [4.69, 9.17) is 4.74 Å². The van der Waals surface area contributed by atoms with Crippen LogP contribution in [0.2, 0.25) is 0 Å². The number of aryl methyl sites for hydroxylation is 2. The van der Waals surface area contributed by atoms with E-state index in [0.29, 0.717) is 5.92 Å². The zero-order valence-electron chi connectivity index (χ0n) is 11.6. The average molecular weight is 274 g/mol. The van der Waals surface area contributed by atoms with Crippen molar-refractivity contribution in [3.05, 3.63) is 29.7 Å². The van der Waals surface area contributed by atoms with Gasteiger partial charge in [-0.25, -0.2) is 15.0 Å². The standard InChI is InChI=1S/C13H18N6O/c1-8-14-5-3-11(16-8)15-7-10-4-6-20-12(10)13-17-9(2)18-19-13/h3,5,10,12H,4,6-7H2,1-2H3,(H,14,15,16)(H,17,18,19)/t10-,12-/m0/s1. The third kappa shape index (κ3) is 2.77. The van der Waals surface area contributed by atoms with Crippen LogP contribution >= 0.6 is 0 Å². The van der Waals surface area contributed by atoms with Gasteiger partial charge in [-0.3, -0.25) is 5.10 Å². The van der Waals surface area contributed by atoms with E-state index < -0.39 is 0 Å². The number of hydrogen-bond donors (Lipinski definition) is 2. The Kier molecular flexibility index (Phi) is 3.60. The summed E-state index contributed by atoms with van der Waals surface area (Å²) >= 11 is 0. The lowest BCUT2D eigenvalue weighted by Gasteiger charge is -2.16. The van der Waals surface area contributed by atoms with Gasteiger partial charge in [0.25, 0.3) is 0 Å². The first-order chi connectivity index (χ1) is 9.72. The Bertz CT molecular complexity index is 584. The molecule has 0 bridgehead atoms. The van der Waals surface area contributed by atoms with Gasteiger partial charge >= 0.3 is 0 Å². The Balaban J connectivity index is 1.64. The molecule has 0 saturated carbocycles. The predicted octanol–water partition coefficient (Wildman–Crippen LogP) is 1.40. The molecule has 2 aromatic heterocycles. The third-order valence-corrected chi connectivity index (χ3v) is 3.40. The molecule has 106 valence electrons. The number of H-pyrrole nitrogens is 1.